The van der Waals surface area contributed by atoms with Crippen LogP contribution in [0.4, 0.5) is 4.39 Å². The maximum Gasteiger partial charge on any atom is 0.130 e. The van der Waals surface area contributed by atoms with Gasteiger partial charge in [0, 0.05) is 11.0 Å². The Bertz CT molecular complexity index is 452. The van der Waals surface area contributed by atoms with Crippen molar-refractivity contribution < 1.29 is 14.2 Å². The van der Waals surface area contributed by atoms with Crippen LogP contribution in [-0.4, -0.2) is 18.8 Å². The van der Waals surface area contributed by atoms with Crippen molar-refractivity contribution >= 4 is 0 Å². The fourth-order valence-electron chi connectivity index (χ4n) is 2.62. The number of methoxy groups -OCH3 is 1. The Morgan fingerprint density at radius 1 is 1.28 bits per heavy atom. The van der Waals surface area contributed by atoms with Crippen LogP contribution in [0.2, 0.25) is 0 Å². The van der Waals surface area contributed by atoms with E-state index < -0.39 is 5.41 Å². The molecule has 100 valence electrons. The molecule has 1 aliphatic rings. The van der Waals surface area contributed by atoms with E-state index in [1.165, 1.54) is 0 Å². The first-order valence-electron chi connectivity index (χ1n) is 6.51. The third kappa shape index (κ3) is 2.12. The summed E-state index contributed by atoms with van der Waals surface area (Å²) in [6, 6.07) is 1.76. The van der Waals surface area contributed by atoms with E-state index in [2.05, 4.69) is 0 Å². The molecular formula is C15H21FO2. The van der Waals surface area contributed by atoms with Crippen molar-refractivity contribution in [3.05, 3.63) is 28.6 Å². The Hall–Kier alpha value is -1.09. The molecule has 0 saturated heterocycles. The van der Waals surface area contributed by atoms with Gasteiger partial charge in [0.05, 0.1) is 13.7 Å². The second kappa shape index (κ2) is 4.88. The van der Waals surface area contributed by atoms with Crippen LogP contribution >= 0.6 is 0 Å². The lowest BCUT2D eigenvalue weighted by Crippen LogP contribution is -2.25. The van der Waals surface area contributed by atoms with Crippen LogP contribution in [0, 0.1) is 5.82 Å². The van der Waals surface area contributed by atoms with Crippen LogP contribution in [0.3, 0.4) is 0 Å². The molecule has 0 atom stereocenters. The second-order valence-corrected chi connectivity index (χ2v) is 5.65. The summed E-state index contributed by atoms with van der Waals surface area (Å²) in [6.45, 7) is 3.62. The van der Waals surface area contributed by atoms with Gasteiger partial charge in [0.1, 0.15) is 11.6 Å². The summed E-state index contributed by atoms with van der Waals surface area (Å²) in [5, 5.41) is 9.43. The summed E-state index contributed by atoms with van der Waals surface area (Å²) < 4.78 is 20.0. The van der Waals surface area contributed by atoms with E-state index in [-0.39, 0.29) is 12.4 Å². The van der Waals surface area contributed by atoms with Crippen molar-refractivity contribution in [2.75, 3.05) is 13.7 Å². The van der Waals surface area contributed by atoms with Gasteiger partial charge in [0.15, 0.2) is 0 Å². The molecule has 2 rings (SSSR count). The lowest BCUT2D eigenvalue weighted by atomic mass is 9.80. The van der Waals surface area contributed by atoms with Gasteiger partial charge >= 0.3 is 0 Å². The van der Waals surface area contributed by atoms with Crippen LogP contribution in [0.1, 0.15) is 43.4 Å². The van der Waals surface area contributed by atoms with Gasteiger partial charge in [-0.2, -0.15) is 0 Å². The predicted molar refractivity (Wildman–Crippen MR) is 69.7 cm³/mol. The number of aliphatic hydroxyl groups is 1. The molecule has 0 radical (unpaired) electrons. The minimum Gasteiger partial charge on any atom is -0.496 e. The molecule has 2 nitrogen and oxygen atoms in total. The Morgan fingerprint density at radius 2 is 1.89 bits per heavy atom. The van der Waals surface area contributed by atoms with Gasteiger partial charge in [-0.3, -0.25) is 0 Å². The third-order valence-corrected chi connectivity index (χ3v) is 3.89. The van der Waals surface area contributed by atoms with Gasteiger partial charge in [-0.05, 0) is 42.9 Å². The molecular weight excluding hydrogens is 231 g/mol. The molecule has 0 saturated carbocycles. The molecule has 18 heavy (non-hydrogen) atoms. The maximum absolute atomic E-state index is 14.6. The van der Waals surface area contributed by atoms with Gasteiger partial charge < -0.3 is 9.84 Å². The molecule has 1 aromatic rings. The summed E-state index contributed by atoms with van der Waals surface area (Å²) in [6.07, 6.45) is 3.77. The lowest BCUT2D eigenvalue weighted by molar-refractivity contribution is 0.214. The first kappa shape index (κ1) is 13.3. The van der Waals surface area contributed by atoms with Gasteiger partial charge in [0.25, 0.3) is 0 Å². The molecule has 0 amide bonds. The van der Waals surface area contributed by atoms with Gasteiger partial charge in [-0.25, -0.2) is 4.39 Å². The summed E-state index contributed by atoms with van der Waals surface area (Å²) in [4.78, 5) is 0. The fourth-order valence-corrected chi connectivity index (χ4v) is 2.62. The van der Waals surface area contributed by atoms with E-state index in [9.17, 15) is 9.50 Å². The highest BCUT2D eigenvalue weighted by Crippen LogP contribution is 2.37. The van der Waals surface area contributed by atoms with E-state index in [1.54, 1.807) is 13.2 Å². The van der Waals surface area contributed by atoms with E-state index in [1.807, 2.05) is 13.8 Å². The Labute approximate surface area is 108 Å². The third-order valence-electron chi connectivity index (χ3n) is 3.89. The standard InChI is InChI=1S/C15H21FO2/c1-15(2,9-17)12-8-13(18-3)10-6-4-5-7-11(10)14(12)16/h8,17H,4-7,9H2,1-3H3. The zero-order valence-electron chi connectivity index (χ0n) is 11.3. The zero-order valence-corrected chi connectivity index (χ0v) is 11.3. The smallest absolute Gasteiger partial charge is 0.130 e. The van der Waals surface area contributed by atoms with Crippen LogP contribution in [0.15, 0.2) is 6.07 Å². The van der Waals surface area contributed by atoms with Crippen LogP contribution < -0.4 is 4.74 Å². The highest BCUT2D eigenvalue weighted by molar-refractivity contribution is 5.48. The average Bonchev–Trinajstić information content (AvgIpc) is 2.39. The molecule has 1 N–H and O–H groups in total. The number of fused-ring (bicyclic) bond motifs is 1. The number of benzene rings is 1. The number of hydrogen-bond acceptors (Lipinski definition) is 2. The first-order chi connectivity index (χ1) is 8.51. The Balaban J connectivity index is 2.62. The number of hydrogen-bond donors (Lipinski definition) is 1. The molecule has 0 bridgehead atoms. The Morgan fingerprint density at radius 3 is 2.44 bits per heavy atom. The largest absolute Gasteiger partial charge is 0.496 e. The molecule has 0 spiro atoms. The molecule has 0 aromatic heterocycles. The van der Waals surface area contributed by atoms with Crippen LogP contribution in [0.25, 0.3) is 0 Å². The quantitative estimate of drug-likeness (QED) is 0.896. The molecule has 1 aromatic carbocycles. The molecule has 0 aliphatic heterocycles. The Kier molecular flexibility index (Phi) is 3.62. The van der Waals surface area contributed by atoms with Crippen molar-refractivity contribution in [1.29, 1.82) is 0 Å². The van der Waals surface area contributed by atoms with Gasteiger partial charge in [0.2, 0.25) is 0 Å². The first-order valence-corrected chi connectivity index (χ1v) is 6.51. The van der Waals surface area contributed by atoms with Crippen molar-refractivity contribution in [2.45, 2.75) is 44.9 Å². The molecule has 0 fully saturated rings. The zero-order chi connectivity index (χ0) is 13.3. The summed E-state index contributed by atoms with van der Waals surface area (Å²) in [5.74, 6) is 0.618. The predicted octanol–water partition coefficient (Wildman–Crippen LogP) is 2.98. The van der Waals surface area contributed by atoms with Crippen LogP contribution in [-0.2, 0) is 18.3 Å². The summed E-state index contributed by atoms with van der Waals surface area (Å²) in [5.41, 5.74) is 1.78. The lowest BCUT2D eigenvalue weighted by Gasteiger charge is -2.28. The maximum atomic E-state index is 14.6. The summed E-state index contributed by atoms with van der Waals surface area (Å²) >= 11 is 0. The second-order valence-electron chi connectivity index (χ2n) is 5.65. The number of rotatable bonds is 3. The number of ether oxygens (including phenoxy) is 1. The number of halogens is 1. The molecule has 0 heterocycles. The van der Waals surface area contributed by atoms with Crippen molar-refractivity contribution in [3.8, 4) is 5.75 Å². The summed E-state index contributed by atoms with van der Waals surface area (Å²) in [7, 11) is 1.62. The van der Waals surface area contributed by atoms with E-state index in [0.717, 1.165) is 42.6 Å². The van der Waals surface area contributed by atoms with E-state index in [0.29, 0.717) is 5.56 Å². The van der Waals surface area contributed by atoms with E-state index in [4.69, 9.17) is 4.74 Å². The monoisotopic (exact) mass is 252 g/mol. The van der Waals surface area contributed by atoms with Crippen molar-refractivity contribution in [1.82, 2.24) is 0 Å². The van der Waals surface area contributed by atoms with Crippen molar-refractivity contribution in [3.63, 3.8) is 0 Å². The minimum atomic E-state index is -0.580. The minimum absolute atomic E-state index is 0.0775. The highest BCUT2D eigenvalue weighted by Gasteiger charge is 2.29. The van der Waals surface area contributed by atoms with Crippen LogP contribution in [0.5, 0.6) is 5.75 Å². The highest BCUT2D eigenvalue weighted by atomic mass is 19.1. The SMILES string of the molecule is COc1cc(C(C)(C)CO)c(F)c2c1CCCC2. The average molecular weight is 252 g/mol. The molecule has 1 aliphatic carbocycles. The van der Waals surface area contributed by atoms with Gasteiger partial charge in [-0.15, -0.1) is 0 Å². The van der Waals surface area contributed by atoms with E-state index >= 15 is 0 Å². The molecule has 3 heteroatoms. The fraction of sp³-hybridized carbons (Fsp3) is 0.600. The van der Waals surface area contributed by atoms with Gasteiger partial charge in [-0.1, -0.05) is 13.8 Å². The normalized spacial score (nSPS) is 15.4. The number of aliphatic hydroxyl groups excluding tert-OH is 1. The molecule has 0 unspecified atom stereocenters. The van der Waals surface area contributed by atoms with Crippen molar-refractivity contribution in [2.24, 2.45) is 0 Å². The topological polar surface area (TPSA) is 29.5 Å².